The predicted octanol–water partition coefficient (Wildman–Crippen LogP) is 2.99. The molecule has 7 heteroatoms. The molecule has 0 N–H and O–H groups in total. The Bertz CT molecular complexity index is 835. The quantitative estimate of drug-likeness (QED) is 0.708. The Kier molecular flexibility index (Phi) is 5.63. The van der Waals surface area contributed by atoms with Crippen LogP contribution >= 0.6 is 12.4 Å². The summed E-state index contributed by atoms with van der Waals surface area (Å²) < 4.78 is 0. The van der Waals surface area contributed by atoms with Crippen molar-refractivity contribution in [1.82, 2.24) is 20.2 Å². The fourth-order valence-corrected chi connectivity index (χ4v) is 3.11. The van der Waals surface area contributed by atoms with E-state index in [2.05, 4.69) is 55.1 Å². The summed E-state index contributed by atoms with van der Waals surface area (Å²) >= 11 is 0. The van der Waals surface area contributed by atoms with Gasteiger partial charge in [-0.15, -0.1) is 22.6 Å². The summed E-state index contributed by atoms with van der Waals surface area (Å²) in [6.07, 6.45) is 3.57. The molecule has 0 spiro atoms. The first-order valence-corrected chi connectivity index (χ1v) is 8.48. The fourth-order valence-electron chi connectivity index (χ4n) is 3.11. The first-order valence-electron chi connectivity index (χ1n) is 8.48. The molecule has 0 radical (unpaired) electrons. The molecular formula is C19H21ClN6. The zero-order valence-electron chi connectivity index (χ0n) is 14.6. The van der Waals surface area contributed by atoms with E-state index in [1.807, 2.05) is 24.3 Å². The van der Waals surface area contributed by atoms with E-state index >= 15 is 0 Å². The maximum absolute atomic E-state index is 4.50. The van der Waals surface area contributed by atoms with E-state index in [0.29, 0.717) is 0 Å². The third-order valence-corrected chi connectivity index (χ3v) is 4.44. The average molecular weight is 369 g/mol. The van der Waals surface area contributed by atoms with Crippen molar-refractivity contribution in [3.05, 3.63) is 60.4 Å². The summed E-state index contributed by atoms with van der Waals surface area (Å²) in [6, 6.07) is 14.1. The van der Waals surface area contributed by atoms with E-state index in [-0.39, 0.29) is 12.4 Å². The zero-order valence-corrected chi connectivity index (χ0v) is 15.4. The average Bonchev–Trinajstić information content (AvgIpc) is 2.69. The molecule has 0 bridgehead atoms. The van der Waals surface area contributed by atoms with E-state index in [4.69, 9.17) is 0 Å². The van der Waals surface area contributed by atoms with Crippen molar-refractivity contribution in [3.8, 4) is 11.3 Å². The molecule has 1 aromatic carbocycles. The van der Waals surface area contributed by atoms with Gasteiger partial charge >= 0.3 is 0 Å². The highest BCUT2D eigenvalue weighted by atomic mass is 35.5. The number of piperazine rings is 1. The Morgan fingerprint density at radius 3 is 2.12 bits per heavy atom. The van der Waals surface area contributed by atoms with Crippen LogP contribution < -0.4 is 9.80 Å². The normalized spacial score (nSPS) is 14.0. The van der Waals surface area contributed by atoms with Gasteiger partial charge in [-0.2, -0.15) is 0 Å². The van der Waals surface area contributed by atoms with Gasteiger partial charge in [0.25, 0.3) is 0 Å². The van der Waals surface area contributed by atoms with Gasteiger partial charge in [0.15, 0.2) is 5.82 Å². The molecule has 1 saturated heterocycles. The lowest BCUT2D eigenvalue weighted by molar-refractivity contribution is 0.630. The molecule has 134 valence electrons. The fraction of sp³-hybridized carbons (Fsp3) is 0.263. The van der Waals surface area contributed by atoms with Crippen molar-refractivity contribution in [2.75, 3.05) is 36.0 Å². The largest absolute Gasteiger partial charge is 0.351 e. The topological polar surface area (TPSA) is 58.0 Å². The van der Waals surface area contributed by atoms with Crippen LogP contribution in [-0.4, -0.2) is 46.3 Å². The molecule has 0 unspecified atom stereocenters. The van der Waals surface area contributed by atoms with E-state index in [0.717, 1.165) is 54.8 Å². The van der Waals surface area contributed by atoms with E-state index in [1.54, 1.807) is 12.4 Å². The minimum atomic E-state index is 0. The number of halogens is 1. The van der Waals surface area contributed by atoms with Gasteiger partial charge in [-0.25, -0.2) is 9.97 Å². The van der Waals surface area contributed by atoms with E-state index in [1.165, 1.54) is 0 Å². The Labute approximate surface area is 159 Å². The van der Waals surface area contributed by atoms with Crippen LogP contribution in [0.15, 0.2) is 54.9 Å². The molecule has 1 aliphatic rings. The number of hydrogen-bond donors (Lipinski definition) is 0. The Hall–Kier alpha value is -2.73. The van der Waals surface area contributed by atoms with Crippen LogP contribution in [0.4, 0.5) is 11.8 Å². The van der Waals surface area contributed by atoms with Crippen LogP contribution in [0.2, 0.25) is 0 Å². The lowest BCUT2D eigenvalue weighted by Crippen LogP contribution is -2.47. The van der Waals surface area contributed by atoms with Crippen LogP contribution in [0.1, 0.15) is 5.56 Å². The van der Waals surface area contributed by atoms with Crippen LogP contribution in [0.3, 0.4) is 0 Å². The van der Waals surface area contributed by atoms with E-state index < -0.39 is 0 Å². The van der Waals surface area contributed by atoms with Crippen molar-refractivity contribution in [3.63, 3.8) is 0 Å². The predicted molar refractivity (Wildman–Crippen MR) is 106 cm³/mol. The molecule has 0 atom stereocenters. The van der Waals surface area contributed by atoms with Crippen LogP contribution in [0.5, 0.6) is 0 Å². The van der Waals surface area contributed by atoms with Gasteiger partial charge in [0.2, 0.25) is 5.95 Å². The molecule has 2 aromatic heterocycles. The smallest absolute Gasteiger partial charge is 0.225 e. The zero-order chi connectivity index (χ0) is 17.1. The van der Waals surface area contributed by atoms with Gasteiger partial charge in [0, 0.05) is 44.1 Å². The number of rotatable bonds is 3. The lowest BCUT2D eigenvalue weighted by Gasteiger charge is -2.35. The van der Waals surface area contributed by atoms with Gasteiger partial charge in [-0.3, -0.25) is 0 Å². The second kappa shape index (κ2) is 8.10. The highest BCUT2D eigenvalue weighted by Gasteiger charge is 2.21. The van der Waals surface area contributed by atoms with E-state index in [9.17, 15) is 0 Å². The monoisotopic (exact) mass is 368 g/mol. The second-order valence-electron chi connectivity index (χ2n) is 6.13. The maximum atomic E-state index is 4.50. The summed E-state index contributed by atoms with van der Waals surface area (Å²) in [7, 11) is 0. The minimum Gasteiger partial charge on any atom is -0.351 e. The first-order chi connectivity index (χ1) is 12.3. The number of aryl methyl sites for hydroxylation is 1. The Morgan fingerprint density at radius 2 is 1.46 bits per heavy atom. The summed E-state index contributed by atoms with van der Waals surface area (Å²) in [4.78, 5) is 13.2. The molecule has 6 nitrogen and oxygen atoms in total. The molecule has 1 fully saturated rings. The van der Waals surface area contributed by atoms with Gasteiger partial charge in [-0.1, -0.05) is 30.3 Å². The Balaban J connectivity index is 0.00000196. The van der Waals surface area contributed by atoms with Crippen molar-refractivity contribution < 1.29 is 0 Å². The first kappa shape index (κ1) is 18.1. The molecule has 1 aliphatic heterocycles. The van der Waals surface area contributed by atoms with Gasteiger partial charge in [0.05, 0.1) is 5.69 Å². The number of nitrogens with zero attached hydrogens (tertiary/aromatic N) is 6. The second-order valence-corrected chi connectivity index (χ2v) is 6.13. The van der Waals surface area contributed by atoms with Crippen molar-refractivity contribution in [2.45, 2.75) is 6.92 Å². The van der Waals surface area contributed by atoms with Crippen LogP contribution in [0.25, 0.3) is 11.3 Å². The summed E-state index contributed by atoms with van der Waals surface area (Å²) in [6.45, 7) is 5.64. The van der Waals surface area contributed by atoms with Crippen LogP contribution in [0, 0.1) is 6.92 Å². The molecule has 0 aliphatic carbocycles. The summed E-state index contributed by atoms with van der Waals surface area (Å²) in [5.74, 6) is 1.76. The molecule has 26 heavy (non-hydrogen) atoms. The standard InChI is InChI=1S/C19H20N6.ClH/c1-15-14-17(16-6-3-2-4-7-16)22-23-18(15)24-10-12-25(13-11-24)19-20-8-5-9-21-19;/h2-9,14H,10-13H2,1H3;1H. The van der Waals surface area contributed by atoms with Crippen molar-refractivity contribution in [2.24, 2.45) is 0 Å². The minimum absolute atomic E-state index is 0. The molecule has 4 rings (SSSR count). The number of benzene rings is 1. The van der Waals surface area contributed by atoms with Crippen molar-refractivity contribution >= 4 is 24.2 Å². The number of anilines is 2. The third-order valence-electron chi connectivity index (χ3n) is 4.44. The summed E-state index contributed by atoms with van der Waals surface area (Å²) in [5, 5.41) is 8.93. The van der Waals surface area contributed by atoms with Gasteiger partial charge in [0.1, 0.15) is 0 Å². The molecule has 0 amide bonds. The van der Waals surface area contributed by atoms with Gasteiger partial charge in [-0.05, 0) is 24.6 Å². The van der Waals surface area contributed by atoms with Gasteiger partial charge < -0.3 is 9.80 Å². The highest BCUT2D eigenvalue weighted by Crippen LogP contribution is 2.23. The maximum Gasteiger partial charge on any atom is 0.225 e. The summed E-state index contributed by atoms with van der Waals surface area (Å²) in [5.41, 5.74) is 3.16. The molecule has 3 aromatic rings. The lowest BCUT2D eigenvalue weighted by atomic mass is 10.1. The third kappa shape index (κ3) is 3.75. The molecule has 3 heterocycles. The molecule has 0 saturated carbocycles. The SMILES string of the molecule is Cc1cc(-c2ccccc2)nnc1N1CCN(c2ncccn2)CC1.Cl. The number of hydrogen-bond acceptors (Lipinski definition) is 6. The Morgan fingerprint density at radius 1 is 0.808 bits per heavy atom. The van der Waals surface area contributed by atoms with Crippen LogP contribution in [-0.2, 0) is 0 Å². The van der Waals surface area contributed by atoms with Crippen molar-refractivity contribution in [1.29, 1.82) is 0 Å². The number of aromatic nitrogens is 4. The highest BCUT2D eigenvalue weighted by molar-refractivity contribution is 5.85. The molecular weight excluding hydrogens is 348 g/mol.